The average molecular weight is 361 g/mol. The van der Waals surface area contributed by atoms with Crippen LogP contribution in [0.4, 0.5) is 14.5 Å². The zero-order chi connectivity index (χ0) is 15.4. The van der Waals surface area contributed by atoms with Crippen molar-refractivity contribution in [3.63, 3.8) is 0 Å². The third kappa shape index (κ3) is 4.48. The summed E-state index contributed by atoms with van der Waals surface area (Å²) in [5.74, 6) is -1.01. The van der Waals surface area contributed by atoms with Gasteiger partial charge in [-0.15, -0.1) is 0 Å². The van der Waals surface area contributed by atoms with Crippen molar-refractivity contribution in [3.05, 3.63) is 28.2 Å². The summed E-state index contributed by atoms with van der Waals surface area (Å²) in [5.41, 5.74) is 0.00208. The van der Waals surface area contributed by atoms with E-state index in [9.17, 15) is 13.6 Å². The molecule has 0 saturated carbocycles. The zero-order valence-corrected chi connectivity index (χ0v) is 13.5. The lowest BCUT2D eigenvalue weighted by Gasteiger charge is -2.28. The van der Waals surface area contributed by atoms with Crippen LogP contribution in [-0.2, 0) is 4.79 Å². The highest BCUT2D eigenvalue weighted by atomic mass is 79.9. The average Bonchev–Trinajstić information content (AvgIpc) is 2.45. The van der Waals surface area contributed by atoms with E-state index < -0.39 is 11.6 Å². The Morgan fingerprint density at radius 3 is 2.90 bits per heavy atom. The highest BCUT2D eigenvalue weighted by molar-refractivity contribution is 9.10. The van der Waals surface area contributed by atoms with Gasteiger partial charge in [0.25, 0.3) is 0 Å². The Labute approximate surface area is 131 Å². The molecular weight excluding hydrogens is 342 g/mol. The summed E-state index contributed by atoms with van der Waals surface area (Å²) in [6, 6.07) is 2.00. The van der Waals surface area contributed by atoms with Crippen molar-refractivity contribution in [2.75, 3.05) is 18.4 Å². The first-order valence-electron chi connectivity index (χ1n) is 7.12. The van der Waals surface area contributed by atoms with Crippen LogP contribution in [0.15, 0.2) is 16.6 Å². The minimum atomic E-state index is -0.768. The van der Waals surface area contributed by atoms with Crippen LogP contribution in [0.2, 0.25) is 0 Å². The topological polar surface area (TPSA) is 41.1 Å². The van der Waals surface area contributed by atoms with Crippen molar-refractivity contribution in [1.29, 1.82) is 0 Å². The van der Waals surface area contributed by atoms with Gasteiger partial charge in [-0.3, -0.25) is 4.79 Å². The summed E-state index contributed by atoms with van der Waals surface area (Å²) in [5, 5.41) is 5.84. The number of nitrogens with one attached hydrogen (secondary N) is 2. The predicted molar refractivity (Wildman–Crippen MR) is 82.1 cm³/mol. The molecule has 1 aromatic rings. The normalized spacial score (nSPS) is 20.1. The van der Waals surface area contributed by atoms with Crippen LogP contribution in [0.25, 0.3) is 0 Å². The molecule has 1 heterocycles. The number of hydrogen-bond acceptors (Lipinski definition) is 2. The molecule has 3 nitrogen and oxygen atoms in total. The number of hydrogen-bond donors (Lipinski definition) is 2. The molecule has 2 N–H and O–H groups in total. The van der Waals surface area contributed by atoms with Gasteiger partial charge < -0.3 is 10.6 Å². The molecule has 0 aliphatic carbocycles. The monoisotopic (exact) mass is 360 g/mol. The van der Waals surface area contributed by atoms with Gasteiger partial charge in [0.1, 0.15) is 11.6 Å². The summed E-state index contributed by atoms with van der Waals surface area (Å²) in [6.45, 7) is 3.99. The Kier molecular flexibility index (Phi) is 5.70. The van der Waals surface area contributed by atoms with Gasteiger partial charge in [-0.05, 0) is 59.8 Å². The maximum atomic E-state index is 13.6. The van der Waals surface area contributed by atoms with Crippen molar-refractivity contribution in [3.8, 4) is 0 Å². The van der Waals surface area contributed by atoms with E-state index in [2.05, 4.69) is 26.6 Å². The highest BCUT2D eigenvalue weighted by Crippen LogP contribution is 2.26. The standard InChI is InChI=1S/C15H19BrF2N2O/c1-9(10-3-2-4-19-8-10)5-15(21)20-14-6-11(16)12(17)7-13(14)18/h6-7,9-10,19H,2-5,8H2,1H3,(H,20,21). The first kappa shape index (κ1) is 16.4. The van der Waals surface area contributed by atoms with Gasteiger partial charge in [-0.2, -0.15) is 0 Å². The summed E-state index contributed by atoms with van der Waals surface area (Å²) >= 11 is 2.98. The van der Waals surface area contributed by atoms with Crippen molar-refractivity contribution in [2.24, 2.45) is 11.8 Å². The van der Waals surface area contributed by atoms with Crippen molar-refractivity contribution in [2.45, 2.75) is 26.2 Å². The van der Waals surface area contributed by atoms with Gasteiger partial charge in [0.2, 0.25) is 5.91 Å². The predicted octanol–water partition coefficient (Wildman–Crippen LogP) is 3.69. The highest BCUT2D eigenvalue weighted by Gasteiger charge is 2.22. The van der Waals surface area contributed by atoms with Gasteiger partial charge in [-0.1, -0.05) is 6.92 Å². The van der Waals surface area contributed by atoms with E-state index in [0.717, 1.165) is 32.0 Å². The lowest BCUT2D eigenvalue weighted by molar-refractivity contribution is -0.117. The summed E-state index contributed by atoms with van der Waals surface area (Å²) in [7, 11) is 0. The van der Waals surface area contributed by atoms with Gasteiger partial charge in [-0.25, -0.2) is 8.78 Å². The molecule has 1 saturated heterocycles. The molecule has 2 rings (SSSR count). The SMILES string of the molecule is CC(CC(=O)Nc1cc(Br)c(F)cc1F)C1CCCNC1. The third-order valence-corrected chi connectivity index (χ3v) is 4.54. The minimum Gasteiger partial charge on any atom is -0.324 e. The van der Waals surface area contributed by atoms with Crippen molar-refractivity contribution < 1.29 is 13.6 Å². The smallest absolute Gasteiger partial charge is 0.224 e. The van der Waals surface area contributed by atoms with Gasteiger partial charge in [0.15, 0.2) is 0 Å². The number of rotatable bonds is 4. The van der Waals surface area contributed by atoms with E-state index in [1.165, 1.54) is 6.07 Å². The number of anilines is 1. The van der Waals surface area contributed by atoms with E-state index in [0.29, 0.717) is 12.3 Å². The molecule has 0 bridgehead atoms. The van der Waals surface area contributed by atoms with Crippen molar-refractivity contribution in [1.82, 2.24) is 5.32 Å². The molecule has 21 heavy (non-hydrogen) atoms. The van der Waals surface area contributed by atoms with Crippen LogP contribution in [0.5, 0.6) is 0 Å². The molecule has 2 atom stereocenters. The fourth-order valence-electron chi connectivity index (χ4n) is 2.64. The van der Waals surface area contributed by atoms with Crippen LogP contribution >= 0.6 is 15.9 Å². The Balaban J connectivity index is 1.93. The van der Waals surface area contributed by atoms with Crippen molar-refractivity contribution >= 4 is 27.5 Å². The van der Waals surface area contributed by atoms with E-state index in [-0.39, 0.29) is 22.0 Å². The van der Waals surface area contributed by atoms with E-state index in [4.69, 9.17) is 0 Å². The fourth-order valence-corrected chi connectivity index (χ4v) is 2.99. The molecule has 2 unspecified atom stereocenters. The van der Waals surface area contributed by atoms with Crippen LogP contribution < -0.4 is 10.6 Å². The zero-order valence-electron chi connectivity index (χ0n) is 11.9. The van der Waals surface area contributed by atoms with Gasteiger partial charge >= 0.3 is 0 Å². The van der Waals surface area contributed by atoms with E-state index >= 15 is 0 Å². The second-order valence-corrected chi connectivity index (χ2v) is 6.44. The molecule has 0 spiro atoms. The fraction of sp³-hybridized carbons (Fsp3) is 0.533. The van der Waals surface area contributed by atoms with Gasteiger partial charge in [0.05, 0.1) is 10.2 Å². The number of piperidine rings is 1. The Morgan fingerprint density at radius 2 is 2.24 bits per heavy atom. The molecule has 1 aromatic carbocycles. The maximum Gasteiger partial charge on any atom is 0.224 e. The Morgan fingerprint density at radius 1 is 1.48 bits per heavy atom. The Hall–Kier alpha value is -1.01. The van der Waals surface area contributed by atoms with Crippen LogP contribution in [0, 0.1) is 23.5 Å². The van der Waals surface area contributed by atoms with Gasteiger partial charge in [0, 0.05) is 12.5 Å². The molecule has 1 fully saturated rings. The number of amides is 1. The third-order valence-electron chi connectivity index (χ3n) is 3.93. The first-order valence-corrected chi connectivity index (χ1v) is 7.91. The molecular formula is C15H19BrF2N2O. The second-order valence-electron chi connectivity index (χ2n) is 5.58. The minimum absolute atomic E-state index is 0.00208. The summed E-state index contributed by atoms with van der Waals surface area (Å²) in [4.78, 5) is 12.0. The number of carbonyl (C=O) groups is 1. The summed E-state index contributed by atoms with van der Waals surface area (Å²) < 4.78 is 26.9. The second kappa shape index (κ2) is 7.31. The largest absolute Gasteiger partial charge is 0.324 e. The molecule has 1 amide bonds. The van der Waals surface area contributed by atoms with E-state index in [1.54, 1.807) is 0 Å². The molecule has 0 aromatic heterocycles. The van der Waals surface area contributed by atoms with Crippen LogP contribution in [-0.4, -0.2) is 19.0 Å². The maximum absolute atomic E-state index is 13.6. The number of carbonyl (C=O) groups excluding carboxylic acids is 1. The summed E-state index contributed by atoms with van der Waals surface area (Å²) in [6.07, 6.45) is 2.56. The number of benzene rings is 1. The molecule has 1 aliphatic rings. The lowest BCUT2D eigenvalue weighted by Crippen LogP contribution is -2.34. The Bertz CT molecular complexity index is 519. The quantitative estimate of drug-likeness (QED) is 0.804. The van der Waals surface area contributed by atoms with Crippen LogP contribution in [0.3, 0.4) is 0 Å². The first-order chi connectivity index (χ1) is 9.97. The molecule has 0 radical (unpaired) electrons. The van der Waals surface area contributed by atoms with Crippen LogP contribution in [0.1, 0.15) is 26.2 Å². The molecule has 116 valence electrons. The number of halogens is 3. The van der Waals surface area contributed by atoms with E-state index in [1.807, 2.05) is 6.92 Å². The molecule has 6 heteroatoms. The molecule has 1 aliphatic heterocycles. The lowest BCUT2D eigenvalue weighted by atomic mass is 9.85.